The van der Waals surface area contributed by atoms with Crippen LogP contribution >= 0.6 is 0 Å². The highest BCUT2D eigenvalue weighted by Crippen LogP contribution is 2.00. The molecule has 0 aliphatic carbocycles. The molecule has 0 saturated heterocycles. The molecule has 8 heteroatoms. The van der Waals surface area contributed by atoms with Crippen LogP contribution in [-0.2, 0) is 27.2 Å². The van der Waals surface area contributed by atoms with E-state index in [0.717, 1.165) is 0 Å². The zero-order valence-corrected chi connectivity index (χ0v) is 10.9. The second-order valence-electron chi connectivity index (χ2n) is 4.05. The molecule has 1 heterocycles. The Balaban J connectivity index is 2.26. The van der Waals surface area contributed by atoms with Crippen LogP contribution in [0.3, 0.4) is 0 Å². The smallest absolute Gasteiger partial charge is 0.303 e. The van der Waals surface area contributed by atoms with Crippen LogP contribution in [0.2, 0.25) is 0 Å². The number of hydrogen-bond donors (Lipinski definition) is 2. The van der Waals surface area contributed by atoms with Gasteiger partial charge in [-0.1, -0.05) is 5.21 Å². The summed E-state index contributed by atoms with van der Waals surface area (Å²) in [6.45, 7) is 1.35. The average molecular weight is 273 g/mol. The number of nitrogens with zero attached hydrogens (tertiary/aromatic N) is 3. The van der Waals surface area contributed by atoms with Gasteiger partial charge in [0.25, 0.3) is 0 Å². The number of aliphatic carboxylic acids is 1. The zero-order chi connectivity index (χ0) is 14.1. The second kappa shape index (κ2) is 8.57. The third-order valence-electron chi connectivity index (χ3n) is 2.32. The van der Waals surface area contributed by atoms with E-state index in [0.29, 0.717) is 25.3 Å². The molecule has 0 amide bonds. The summed E-state index contributed by atoms with van der Waals surface area (Å²) in [5.41, 5.74) is 0.593. The molecule has 1 unspecified atom stereocenters. The number of hydrogen-bond acceptors (Lipinski definition) is 6. The molecule has 1 atom stereocenters. The Kier molecular flexibility index (Phi) is 7.01. The van der Waals surface area contributed by atoms with Gasteiger partial charge in [0, 0.05) is 19.7 Å². The lowest BCUT2D eigenvalue weighted by Crippen LogP contribution is -2.23. The Morgan fingerprint density at radius 1 is 1.53 bits per heavy atom. The molecule has 0 saturated carbocycles. The highest BCUT2D eigenvalue weighted by atomic mass is 16.5. The minimum Gasteiger partial charge on any atom is -0.481 e. The zero-order valence-electron chi connectivity index (χ0n) is 10.9. The molecular formula is C11H19N3O5. The first-order chi connectivity index (χ1) is 9.11. The summed E-state index contributed by atoms with van der Waals surface area (Å²) < 4.78 is 11.5. The van der Waals surface area contributed by atoms with Gasteiger partial charge in [-0.05, 0) is 0 Å². The van der Waals surface area contributed by atoms with Crippen LogP contribution in [0, 0.1) is 0 Å². The Hall–Kier alpha value is -1.51. The molecule has 1 rings (SSSR count). The number of carboxylic acid groups (broad SMARTS) is 1. The van der Waals surface area contributed by atoms with Crippen molar-refractivity contribution in [3.8, 4) is 0 Å². The quantitative estimate of drug-likeness (QED) is 0.544. The molecule has 2 N–H and O–H groups in total. The summed E-state index contributed by atoms with van der Waals surface area (Å²) in [6, 6.07) is 0. The topological polar surface area (TPSA) is 107 Å². The lowest BCUT2D eigenvalue weighted by molar-refractivity contribution is -0.136. The summed E-state index contributed by atoms with van der Waals surface area (Å²) in [5, 5.41) is 25.9. The molecule has 0 aliphatic rings. The largest absolute Gasteiger partial charge is 0.481 e. The van der Waals surface area contributed by atoms with Crippen molar-refractivity contribution in [1.29, 1.82) is 0 Å². The number of aliphatic hydroxyl groups is 1. The van der Waals surface area contributed by atoms with E-state index in [1.54, 1.807) is 13.3 Å². The minimum atomic E-state index is -0.874. The fraction of sp³-hybridized carbons (Fsp3) is 0.727. The number of aryl methyl sites for hydroxylation is 1. The number of methoxy groups -OCH3 is 1. The number of carboxylic acids is 1. The summed E-state index contributed by atoms with van der Waals surface area (Å²) in [5.74, 6) is -0.874. The van der Waals surface area contributed by atoms with Crippen molar-refractivity contribution in [2.75, 3.05) is 26.9 Å². The van der Waals surface area contributed by atoms with E-state index in [1.165, 1.54) is 4.68 Å². The normalized spacial score (nSPS) is 12.5. The van der Waals surface area contributed by atoms with Gasteiger partial charge in [-0.2, -0.15) is 0 Å². The summed E-state index contributed by atoms with van der Waals surface area (Å²) in [7, 11) is 1.58. The van der Waals surface area contributed by atoms with Crippen LogP contribution in [0.25, 0.3) is 0 Å². The Labute approximate surface area is 110 Å². The van der Waals surface area contributed by atoms with Gasteiger partial charge >= 0.3 is 5.97 Å². The van der Waals surface area contributed by atoms with E-state index in [2.05, 4.69) is 10.3 Å². The first-order valence-corrected chi connectivity index (χ1v) is 5.97. The van der Waals surface area contributed by atoms with Crippen LogP contribution in [0.5, 0.6) is 0 Å². The monoisotopic (exact) mass is 273 g/mol. The van der Waals surface area contributed by atoms with Crippen molar-refractivity contribution in [2.24, 2.45) is 0 Å². The maximum Gasteiger partial charge on any atom is 0.303 e. The maximum absolute atomic E-state index is 10.4. The van der Waals surface area contributed by atoms with Gasteiger partial charge in [0.2, 0.25) is 0 Å². The number of aromatic nitrogens is 3. The van der Waals surface area contributed by atoms with Crippen molar-refractivity contribution in [2.45, 2.75) is 25.5 Å². The summed E-state index contributed by atoms with van der Waals surface area (Å²) in [4.78, 5) is 10.4. The fourth-order valence-electron chi connectivity index (χ4n) is 1.41. The number of carbonyl (C=O) groups is 1. The standard InChI is InChI=1S/C11H19N3O5/c1-18-4-5-19-8-10(15)7-14-6-9(12-13-14)2-3-11(16)17/h6,10,15H,2-5,7-8H2,1H3,(H,16,17). The Morgan fingerprint density at radius 3 is 3.00 bits per heavy atom. The molecule has 19 heavy (non-hydrogen) atoms. The van der Waals surface area contributed by atoms with E-state index < -0.39 is 12.1 Å². The molecule has 0 bridgehead atoms. The van der Waals surface area contributed by atoms with Crippen molar-refractivity contribution in [3.05, 3.63) is 11.9 Å². The predicted octanol–water partition coefficient (Wildman–Crippen LogP) is -0.681. The maximum atomic E-state index is 10.4. The highest BCUT2D eigenvalue weighted by molar-refractivity contribution is 5.66. The van der Waals surface area contributed by atoms with Gasteiger partial charge < -0.3 is 19.7 Å². The molecule has 8 nitrogen and oxygen atoms in total. The number of aliphatic hydroxyl groups excluding tert-OH is 1. The molecule has 0 radical (unpaired) electrons. The van der Waals surface area contributed by atoms with E-state index in [9.17, 15) is 9.90 Å². The number of ether oxygens (including phenoxy) is 2. The van der Waals surface area contributed by atoms with Gasteiger partial charge in [0.15, 0.2) is 0 Å². The van der Waals surface area contributed by atoms with Gasteiger partial charge in [-0.15, -0.1) is 5.10 Å². The molecule has 108 valence electrons. The summed E-state index contributed by atoms with van der Waals surface area (Å²) in [6.07, 6.45) is 1.28. The van der Waals surface area contributed by atoms with E-state index in [1.807, 2.05) is 0 Å². The van der Waals surface area contributed by atoms with Crippen molar-refractivity contribution < 1.29 is 24.5 Å². The third-order valence-corrected chi connectivity index (χ3v) is 2.32. The van der Waals surface area contributed by atoms with Crippen molar-refractivity contribution in [3.63, 3.8) is 0 Å². The van der Waals surface area contributed by atoms with Crippen LogP contribution in [0.4, 0.5) is 0 Å². The molecule has 0 aliphatic heterocycles. The summed E-state index contributed by atoms with van der Waals surface area (Å²) >= 11 is 0. The molecule has 0 spiro atoms. The Morgan fingerprint density at radius 2 is 2.32 bits per heavy atom. The second-order valence-corrected chi connectivity index (χ2v) is 4.05. The molecule has 1 aromatic heterocycles. The van der Waals surface area contributed by atoms with E-state index in [4.69, 9.17) is 14.6 Å². The highest BCUT2D eigenvalue weighted by Gasteiger charge is 2.08. The van der Waals surface area contributed by atoms with Crippen LogP contribution in [0.15, 0.2) is 6.20 Å². The third kappa shape index (κ3) is 6.85. The lowest BCUT2D eigenvalue weighted by Gasteiger charge is -2.10. The molecule has 1 aromatic rings. The first kappa shape index (κ1) is 15.5. The molecular weight excluding hydrogens is 254 g/mol. The van der Waals surface area contributed by atoms with E-state index in [-0.39, 0.29) is 19.6 Å². The van der Waals surface area contributed by atoms with Crippen LogP contribution in [-0.4, -0.2) is 64.2 Å². The lowest BCUT2D eigenvalue weighted by atomic mass is 10.2. The fourth-order valence-corrected chi connectivity index (χ4v) is 1.41. The average Bonchev–Trinajstić information content (AvgIpc) is 2.80. The number of rotatable bonds is 10. The van der Waals surface area contributed by atoms with Crippen molar-refractivity contribution in [1.82, 2.24) is 15.0 Å². The van der Waals surface area contributed by atoms with Gasteiger partial charge in [-0.3, -0.25) is 4.79 Å². The van der Waals surface area contributed by atoms with E-state index >= 15 is 0 Å². The Bertz CT molecular complexity index is 382. The minimum absolute atomic E-state index is 0.0153. The van der Waals surface area contributed by atoms with Crippen LogP contribution in [0.1, 0.15) is 12.1 Å². The predicted molar refractivity (Wildman–Crippen MR) is 64.7 cm³/mol. The molecule has 0 fully saturated rings. The van der Waals surface area contributed by atoms with Crippen molar-refractivity contribution >= 4 is 5.97 Å². The van der Waals surface area contributed by atoms with Gasteiger partial charge in [0.05, 0.1) is 44.6 Å². The van der Waals surface area contributed by atoms with Gasteiger partial charge in [-0.25, -0.2) is 4.68 Å². The first-order valence-electron chi connectivity index (χ1n) is 5.97. The van der Waals surface area contributed by atoms with Gasteiger partial charge in [0.1, 0.15) is 0 Å². The van der Waals surface area contributed by atoms with Crippen LogP contribution < -0.4 is 0 Å². The SMILES string of the molecule is COCCOCC(O)Cn1cc(CCC(=O)O)nn1. The molecule has 0 aromatic carbocycles.